The van der Waals surface area contributed by atoms with Crippen LogP contribution >= 0.6 is 12.2 Å². The largest absolute Gasteiger partial charge is 0.332 e. The van der Waals surface area contributed by atoms with Gasteiger partial charge >= 0.3 is 0 Å². The third-order valence-corrected chi connectivity index (χ3v) is 1.79. The molecule has 5 nitrogen and oxygen atoms in total. The van der Waals surface area contributed by atoms with E-state index in [-0.39, 0.29) is 5.91 Å². The van der Waals surface area contributed by atoms with Gasteiger partial charge in [-0.1, -0.05) is 6.07 Å². The van der Waals surface area contributed by atoms with Gasteiger partial charge in [0.2, 0.25) is 5.91 Å². The Bertz CT molecular complexity index is 380. The quantitative estimate of drug-likeness (QED) is 0.339. The van der Waals surface area contributed by atoms with Crippen molar-refractivity contribution in [2.75, 3.05) is 10.6 Å². The number of amides is 1. The number of anilines is 2. The Labute approximate surface area is 93.0 Å². The van der Waals surface area contributed by atoms with Gasteiger partial charge in [-0.3, -0.25) is 4.79 Å². The molecule has 0 aromatic heterocycles. The standard InChI is InChI=1S/C9H12N4OS/c1-6(14)11-7-3-2-4-8(5-7)12-9(15)13-10/h2-5H,10H2,1H3,(H,11,14)(H2,12,13,15). The highest BCUT2D eigenvalue weighted by Gasteiger charge is 1.98. The van der Waals surface area contributed by atoms with E-state index in [0.29, 0.717) is 10.8 Å². The summed E-state index contributed by atoms with van der Waals surface area (Å²) < 4.78 is 0. The second-order valence-electron chi connectivity index (χ2n) is 2.86. The Morgan fingerprint density at radius 3 is 2.47 bits per heavy atom. The van der Waals surface area contributed by atoms with Gasteiger partial charge in [-0.25, -0.2) is 5.84 Å². The zero-order valence-electron chi connectivity index (χ0n) is 8.20. The van der Waals surface area contributed by atoms with Crippen LogP contribution in [0, 0.1) is 0 Å². The Morgan fingerprint density at radius 2 is 1.93 bits per heavy atom. The minimum Gasteiger partial charge on any atom is -0.332 e. The summed E-state index contributed by atoms with van der Waals surface area (Å²) in [5, 5.41) is 5.83. The van der Waals surface area contributed by atoms with Crippen molar-refractivity contribution in [2.45, 2.75) is 6.92 Å². The van der Waals surface area contributed by atoms with Crippen LogP contribution in [0.5, 0.6) is 0 Å². The fraction of sp³-hybridized carbons (Fsp3) is 0.111. The van der Waals surface area contributed by atoms with Crippen LogP contribution in [0.4, 0.5) is 11.4 Å². The number of nitrogens with two attached hydrogens (primary N) is 1. The van der Waals surface area contributed by atoms with Crippen molar-refractivity contribution < 1.29 is 4.79 Å². The first-order valence-corrected chi connectivity index (χ1v) is 4.68. The van der Waals surface area contributed by atoms with E-state index >= 15 is 0 Å². The highest BCUT2D eigenvalue weighted by Crippen LogP contribution is 2.14. The highest BCUT2D eigenvalue weighted by atomic mass is 32.1. The number of hydrazine groups is 1. The Kier molecular flexibility index (Phi) is 4.02. The number of hydrogen-bond acceptors (Lipinski definition) is 3. The molecule has 5 N–H and O–H groups in total. The van der Waals surface area contributed by atoms with Gasteiger partial charge in [-0.2, -0.15) is 0 Å². The van der Waals surface area contributed by atoms with E-state index in [1.807, 2.05) is 6.07 Å². The zero-order valence-corrected chi connectivity index (χ0v) is 9.02. The van der Waals surface area contributed by atoms with Gasteiger partial charge in [-0.15, -0.1) is 0 Å². The summed E-state index contributed by atoms with van der Waals surface area (Å²) in [7, 11) is 0. The van der Waals surface area contributed by atoms with Crippen molar-refractivity contribution in [3.63, 3.8) is 0 Å². The Morgan fingerprint density at radius 1 is 1.33 bits per heavy atom. The van der Waals surface area contributed by atoms with E-state index in [1.54, 1.807) is 18.2 Å². The first kappa shape index (κ1) is 11.4. The summed E-state index contributed by atoms with van der Waals surface area (Å²) in [6.45, 7) is 1.45. The van der Waals surface area contributed by atoms with Crippen LogP contribution in [0.15, 0.2) is 24.3 Å². The summed E-state index contributed by atoms with van der Waals surface area (Å²) in [4.78, 5) is 10.8. The van der Waals surface area contributed by atoms with Gasteiger partial charge < -0.3 is 16.1 Å². The molecular formula is C9H12N4OS. The molecule has 6 heteroatoms. The molecule has 0 spiro atoms. The Hall–Kier alpha value is -1.66. The molecule has 0 aliphatic rings. The average molecular weight is 224 g/mol. The van der Waals surface area contributed by atoms with Gasteiger partial charge in [0.1, 0.15) is 0 Å². The number of carbonyl (C=O) groups excluding carboxylic acids is 1. The van der Waals surface area contributed by atoms with Crippen LogP contribution in [-0.4, -0.2) is 11.0 Å². The summed E-state index contributed by atoms with van der Waals surface area (Å²) >= 11 is 4.83. The van der Waals surface area contributed by atoms with Crippen LogP contribution < -0.4 is 21.9 Å². The van der Waals surface area contributed by atoms with E-state index in [0.717, 1.165) is 5.69 Å². The lowest BCUT2D eigenvalue weighted by molar-refractivity contribution is -0.114. The average Bonchev–Trinajstić information content (AvgIpc) is 2.17. The number of thiocarbonyl (C=S) groups is 1. The predicted molar refractivity (Wildman–Crippen MR) is 64.3 cm³/mol. The van der Waals surface area contributed by atoms with Crippen LogP contribution in [0.3, 0.4) is 0 Å². The van der Waals surface area contributed by atoms with Crippen molar-refractivity contribution in [3.8, 4) is 0 Å². The molecule has 1 amide bonds. The molecule has 80 valence electrons. The maximum atomic E-state index is 10.8. The lowest BCUT2D eigenvalue weighted by atomic mass is 10.3. The fourth-order valence-corrected chi connectivity index (χ4v) is 1.16. The molecular weight excluding hydrogens is 212 g/mol. The fourth-order valence-electron chi connectivity index (χ4n) is 1.05. The van der Waals surface area contributed by atoms with Crippen LogP contribution in [-0.2, 0) is 4.79 Å². The van der Waals surface area contributed by atoms with Crippen molar-refractivity contribution in [2.24, 2.45) is 5.84 Å². The number of rotatable bonds is 2. The van der Waals surface area contributed by atoms with Gasteiger partial charge in [0.15, 0.2) is 5.11 Å². The molecule has 1 rings (SSSR count). The maximum absolute atomic E-state index is 10.8. The Balaban J connectivity index is 2.74. The smallest absolute Gasteiger partial charge is 0.221 e. The molecule has 1 aromatic carbocycles. The summed E-state index contributed by atoms with van der Waals surface area (Å²) in [5.74, 6) is 5.00. The number of nitrogens with one attached hydrogen (secondary N) is 3. The second kappa shape index (κ2) is 5.28. The normalized spacial score (nSPS) is 9.20. The summed E-state index contributed by atoms with van der Waals surface area (Å²) in [6.07, 6.45) is 0. The molecule has 0 aliphatic carbocycles. The number of hydrogen-bond donors (Lipinski definition) is 4. The topological polar surface area (TPSA) is 79.2 Å². The molecule has 0 atom stereocenters. The first-order chi connectivity index (χ1) is 7.11. The molecule has 0 heterocycles. The van der Waals surface area contributed by atoms with E-state index in [2.05, 4.69) is 16.1 Å². The molecule has 15 heavy (non-hydrogen) atoms. The number of benzene rings is 1. The van der Waals surface area contributed by atoms with Gasteiger partial charge in [0.25, 0.3) is 0 Å². The van der Waals surface area contributed by atoms with E-state index in [9.17, 15) is 4.79 Å². The summed E-state index contributed by atoms with van der Waals surface area (Å²) in [6, 6.07) is 7.15. The molecule has 0 saturated heterocycles. The minimum atomic E-state index is -0.119. The predicted octanol–water partition coefficient (Wildman–Crippen LogP) is 0.805. The molecule has 1 aromatic rings. The van der Waals surface area contributed by atoms with Crippen molar-refractivity contribution in [1.82, 2.24) is 5.43 Å². The van der Waals surface area contributed by atoms with Gasteiger partial charge in [-0.05, 0) is 30.4 Å². The van der Waals surface area contributed by atoms with Crippen molar-refractivity contribution >= 4 is 34.6 Å². The van der Waals surface area contributed by atoms with Crippen LogP contribution in [0.2, 0.25) is 0 Å². The lowest BCUT2D eigenvalue weighted by Crippen LogP contribution is -2.34. The van der Waals surface area contributed by atoms with Gasteiger partial charge in [0, 0.05) is 18.3 Å². The highest BCUT2D eigenvalue weighted by molar-refractivity contribution is 7.80. The molecule has 0 saturated carbocycles. The maximum Gasteiger partial charge on any atom is 0.221 e. The van der Waals surface area contributed by atoms with E-state index < -0.39 is 0 Å². The monoisotopic (exact) mass is 224 g/mol. The van der Waals surface area contributed by atoms with E-state index in [4.69, 9.17) is 18.1 Å². The lowest BCUT2D eigenvalue weighted by Gasteiger charge is -2.08. The molecule has 0 bridgehead atoms. The van der Waals surface area contributed by atoms with Crippen molar-refractivity contribution in [1.29, 1.82) is 0 Å². The third-order valence-electron chi connectivity index (χ3n) is 1.57. The van der Waals surface area contributed by atoms with Crippen LogP contribution in [0.25, 0.3) is 0 Å². The molecule has 0 unspecified atom stereocenters. The molecule has 0 fully saturated rings. The summed E-state index contributed by atoms with van der Waals surface area (Å²) in [5.41, 5.74) is 3.76. The first-order valence-electron chi connectivity index (χ1n) is 4.27. The minimum absolute atomic E-state index is 0.119. The number of carbonyl (C=O) groups is 1. The second-order valence-corrected chi connectivity index (χ2v) is 3.27. The SMILES string of the molecule is CC(=O)Nc1cccc(NC(=S)NN)c1. The van der Waals surface area contributed by atoms with Gasteiger partial charge in [0.05, 0.1) is 0 Å². The van der Waals surface area contributed by atoms with Crippen LogP contribution in [0.1, 0.15) is 6.92 Å². The third kappa shape index (κ3) is 3.92. The van der Waals surface area contributed by atoms with E-state index in [1.165, 1.54) is 6.92 Å². The molecule has 0 aliphatic heterocycles. The zero-order chi connectivity index (χ0) is 11.3. The van der Waals surface area contributed by atoms with Crippen molar-refractivity contribution in [3.05, 3.63) is 24.3 Å². The molecule has 0 radical (unpaired) electrons.